The Labute approximate surface area is 236 Å². The van der Waals surface area contributed by atoms with Crippen molar-refractivity contribution in [1.82, 2.24) is 10.3 Å². The number of hydrogen-bond donors (Lipinski definition) is 2. The number of hydrogen-bond acceptors (Lipinski definition) is 7. The zero-order valence-electron chi connectivity index (χ0n) is 22.1. The van der Waals surface area contributed by atoms with Crippen molar-refractivity contribution in [1.29, 1.82) is 0 Å². The Bertz CT molecular complexity index is 1450. The molecule has 0 bridgehead atoms. The summed E-state index contributed by atoms with van der Waals surface area (Å²) in [6.45, 7) is -2.54. The van der Waals surface area contributed by atoms with Crippen LogP contribution in [0.25, 0.3) is 0 Å². The molecule has 0 radical (unpaired) electrons. The molecule has 3 atom stereocenters. The Kier molecular flexibility index (Phi) is 8.43. The summed E-state index contributed by atoms with van der Waals surface area (Å²) in [5.41, 5.74) is -0.568. The van der Waals surface area contributed by atoms with Gasteiger partial charge in [0.05, 0.1) is 19.8 Å². The van der Waals surface area contributed by atoms with Crippen LogP contribution >= 0.6 is 0 Å². The first-order valence-electron chi connectivity index (χ1n) is 12.9. The Morgan fingerprint density at radius 3 is 2.38 bits per heavy atom. The Hall–Kier alpha value is -4.46. The van der Waals surface area contributed by atoms with Gasteiger partial charge in [-0.15, -0.1) is 0 Å². The fraction of sp³-hybridized carbons (Fsp3) is 0.321. The molecule has 0 aliphatic carbocycles. The fourth-order valence-corrected chi connectivity index (χ4v) is 4.95. The average Bonchev–Trinajstić information content (AvgIpc) is 3.57. The number of carbonyl (C=O) groups excluding carboxylic acids is 2. The topological polar surface area (TPSA) is 102 Å². The van der Waals surface area contributed by atoms with Crippen molar-refractivity contribution in [2.45, 2.75) is 31.0 Å². The average molecular weight is 593 g/mol. The molecule has 222 valence electrons. The third-order valence-corrected chi connectivity index (χ3v) is 6.97. The van der Waals surface area contributed by atoms with Crippen molar-refractivity contribution < 1.29 is 45.8 Å². The SMILES string of the molecule is COc1cc(F)c([C@@H]2CN(c3nc(NC4CCOC4)ccc3F)C(=O)C2NC(=O)c2ccc(OC(F)F)cc2)c(F)c1. The van der Waals surface area contributed by atoms with Gasteiger partial charge in [-0.1, -0.05) is 0 Å². The van der Waals surface area contributed by atoms with Crippen LogP contribution in [0.2, 0.25) is 0 Å². The van der Waals surface area contributed by atoms with Gasteiger partial charge in [-0.05, 0) is 42.8 Å². The highest BCUT2D eigenvalue weighted by Gasteiger charge is 2.46. The minimum atomic E-state index is -3.07. The van der Waals surface area contributed by atoms with E-state index in [1.807, 2.05) is 0 Å². The minimum Gasteiger partial charge on any atom is -0.497 e. The molecule has 2 aliphatic heterocycles. The normalized spacial score (nSPS) is 20.2. The number of pyridine rings is 1. The van der Waals surface area contributed by atoms with E-state index in [1.54, 1.807) is 0 Å². The molecule has 5 rings (SSSR count). The van der Waals surface area contributed by atoms with Crippen molar-refractivity contribution in [2.75, 3.05) is 37.1 Å². The number of methoxy groups -OCH3 is 1. The van der Waals surface area contributed by atoms with Gasteiger partial charge < -0.3 is 24.8 Å². The standard InChI is InChI=1S/C28H25F5N4O5/c1-40-17-10-20(30)23(21(31)11-17)18-12-37(25-19(29)6-7-22(35-25)34-15-8-9-41-13-15)27(39)24(18)36-26(38)14-2-4-16(5-3-14)42-28(32)33/h2-7,10-11,15,18,24,28H,8-9,12-13H2,1H3,(H,34,35)(H,36,38)/t15?,18-,24?/m0/s1. The van der Waals surface area contributed by atoms with E-state index in [1.165, 1.54) is 25.3 Å². The van der Waals surface area contributed by atoms with Gasteiger partial charge in [0.15, 0.2) is 11.6 Å². The number of anilines is 2. The number of nitrogens with one attached hydrogen (secondary N) is 2. The van der Waals surface area contributed by atoms with E-state index in [4.69, 9.17) is 9.47 Å². The lowest BCUT2D eigenvalue weighted by Gasteiger charge is -2.20. The maximum absolute atomic E-state index is 15.2. The fourth-order valence-electron chi connectivity index (χ4n) is 4.95. The molecule has 3 heterocycles. The summed E-state index contributed by atoms with van der Waals surface area (Å²) < 4.78 is 85.0. The van der Waals surface area contributed by atoms with E-state index < -0.39 is 65.8 Å². The van der Waals surface area contributed by atoms with E-state index in [2.05, 4.69) is 20.4 Å². The first-order valence-corrected chi connectivity index (χ1v) is 12.9. The monoisotopic (exact) mass is 592 g/mol. The van der Waals surface area contributed by atoms with Crippen LogP contribution in [0.3, 0.4) is 0 Å². The molecule has 0 saturated carbocycles. The molecule has 2 aromatic carbocycles. The van der Waals surface area contributed by atoms with Crippen molar-refractivity contribution in [3.05, 3.63) is 77.1 Å². The lowest BCUT2D eigenvalue weighted by Crippen LogP contribution is -2.44. The van der Waals surface area contributed by atoms with Gasteiger partial charge in [0, 0.05) is 42.3 Å². The number of benzene rings is 2. The van der Waals surface area contributed by atoms with Crippen LogP contribution in [0.1, 0.15) is 28.3 Å². The van der Waals surface area contributed by atoms with Gasteiger partial charge in [-0.2, -0.15) is 8.78 Å². The number of aromatic nitrogens is 1. The lowest BCUT2D eigenvalue weighted by atomic mass is 9.92. The molecule has 2 unspecified atom stereocenters. The molecule has 9 nitrogen and oxygen atoms in total. The van der Waals surface area contributed by atoms with Crippen molar-refractivity contribution in [3.63, 3.8) is 0 Å². The summed E-state index contributed by atoms with van der Waals surface area (Å²) in [7, 11) is 1.22. The first-order chi connectivity index (χ1) is 20.1. The van der Waals surface area contributed by atoms with E-state index in [9.17, 15) is 18.4 Å². The van der Waals surface area contributed by atoms with Crippen molar-refractivity contribution in [2.24, 2.45) is 0 Å². The molecular formula is C28H25F5N4O5. The number of nitrogens with zero attached hydrogens (tertiary/aromatic N) is 2. The van der Waals surface area contributed by atoms with Crippen LogP contribution < -0.4 is 25.0 Å². The summed E-state index contributed by atoms with van der Waals surface area (Å²) in [5.74, 6) is -6.42. The zero-order valence-corrected chi connectivity index (χ0v) is 22.1. The molecule has 2 aliphatic rings. The predicted molar refractivity (Wildman–Crippen MR) is 139 cm³/mol. The number of halogens is 5. The summed E-state index contributed by atoms with van der Waals surface area (Å²) >= 11 is 0. The summed E-state index contributed by atoms with van der Waals surface area (Å²) in [6.07, 6.45) is 0.693. The molecule has 2 saturated heterocycles. The molecule has 0 spiro atoms. The van der Waals surface area contributed by atoms with Gasteiger partial charge in [-0.25, -0.2) is 18.2 Å². The predicted octanol–water partition coefficient (Wildman–Crippen LogP) is 4.24. The van der Waals surface area contributed by atoms with Crippen molar-refractivity contribution in [3.8, 4) is 11.5 Å². The number of rotatable bonds is 9. The summed E-state index contributed by atoms with van der Waals surface area (Å²) in [5, 5.41) is 5.56. The second-order valence-electron chi connectivity index (χ2n) is 9.62. The Morgan fingerprint density at radius 1 is 1.05 bits per heavy atom. The molecule has 2 fully saturated rings. The second-order valence-corrected chi connectivity index (χ2v) is 9.62. The lowest BCUT2D eigenvalue weighted by molar-refractivity contribution is -0.118. The van der Waals surface area contributed by atoms with Crippen molar-refractivity contribution >= 4 is 23.5 Å². The minimum absolute atomic E-state index is 0.0495. The van der Waals surface area contributed by atoms with E-state index in [0.717, 1.165) is 35.2 Å². The number of carbonyl (C=O) groups is 2. The third kappa shape index (κ3) is 6.08. The summed E-state index contributed by atoms with van der Waals surface area (Å²) in [6, 6.07) is 7.32. The van der Waals surface area contributed by atoms with Crippen LogP contribution in [0.5, 0.6) is 11.5 Å². The van der Waals surface area contributed by atoms with Crippen LogP contribution in [0.15, 0.2) is 48.5 Å². The van der Waals surface area contributed by atoms with Gasteiger partial charge >= 0.3 is 6.61 Å². The largest absolute Gasteiger partial charge is 0.497 e. The third-order valence-electron chi connectivity index (χ3n) is 6.97. The molecule has 2 amide bonds. The number of ether oxygens (including phenoxy) is 3. The van der Waals surface area contributed by atoms with Gasteiger partial charge in [0.25, 0.3) is 11.8 Å². The summed E-state index contributed by atoms with van der Waals surface area (Å²) in [4.78, 5) is 31.9. The van der Waals surface area contributed by atoms with Gasteiger partial charge in [-0.3, -0.25) is 14.5 Å². The van der Waals surface area contributed by atoms with E-state index in [0.29, 0.717) is 19.6 Å². The van der Waals surface area contributed by atoms with Gasteiger partial charge in [0.2, 0.25) is 0 Å². The highest BCUT2D eigenvalue weighted by atomic mass is 19.3. The smallest absolute Gasteiger partial charge is 0.387 e. The van der Waals surface area contributed by atoms with Gasteiger partial charge in [0.1, 0.15) is 35.0 Å². The zero-order chi connectivity index (χ0) is 30.0. The van der Waals surface area contributed by atoms with Crippen LogP contribution in [0.4, 0.5) is 33.6 Å². The molecule has 42 heavy (non-hydrogen) atoms. The second kappa shape index (κ2) is 12.2. The number of amides is 2. The van der Waals surface area contributed by atoms with Crippen LogP contribution in [0, 0.1) is 17.5 Å². The highest BCUT2D eigenvalue weighted by molar-refractivity contribution is 6.04. The first kappa shape index (κ1) is 29.0. The maximum Gasteiger partial charge on any atom is 0.387 e. The highest BCUT2D eigenvalue weighted by Crippen LogP contribution is 2.37. The maximum atomic E-state index is 15.2. The number of alkyl halides is 2. The Morgan fingerprint density at radius 2 is 1.76 bits per heavy atom. The molecule has 14 heteroatoms. The van der Waals surface area contributed by atoms with Crippen LogP contribution in [-0.4, -0.2) is 62.4 Å². The molecule has 2 N–H and O–H groups in total. The molecule has 1 aromatic heterocycles. The molecular weight excluding hydrogens is 567 g/mol. The van der Waals surface area contributed by atoms with Crippen LogP contribution in [-0.2, 0) is 9.53 Å². The molecule has 3 aromatic rings. The Balaban J connectivity index is 1.47. The van der Waals surface area contributed by atoms with E-state index in [-0.39, 0.29) is 28.9 Å². The van der Waals surface area contributed by atoms with E-state index >= 15 is 13.2 Å². The quantitative estimate of drug-likeness (QED) is 0.359.